The summed E-state index contributed by atoms with van der Waals surface area (Å²) in [5.74, 6) is -1.42. The van der Waals surface area contributed by atoms with E-state index in [9.17, 15) is 40.0 Å². The van der Waals surface area contributed by atoms with E-state index in [0.29, 0.717) is 11.0 Å². The molecule has 7 nitrogen and oxygen atoms in total. The third-order valence-electron chi connectivity index (χ3n) is 7.31. The van der Waals surface area contributed by atoms with E-state index < -0.39 is 44.8 Å². The lowest BCUT2D eigenvalue weighted by atomic mass is 9.85. The molecule has 3 aromatic heterocycles. The second kappa shape index (κ2) is 8.94. The van der Waals surface area contributed by atoms with Gasteiger partial charge in [0.1, 0.15) is 22.2 Å². The van der Waals surface area contributed by atoms with Crippen LogP contribution in [0.25, 0.3) is 22.4 Å². The summed E-state index contributed by atoms with van der Waals surface area (Å²) >= 11 is 0. The normalized spacial score (nSPS) is 21.8. The maximum Gasteiger partial charge on any atom is 0.407 e. The lowest BCUT2D eigenvalue weighted by Gasteiger charge is -2.31. The Morgan fingerprint density at radius 1 is 1.03 bits per heavy atom. The molecule has 0 unspecified atom stereocenters. The molecule has 0 radical (unpaired) electrons. The van der Waals surface area contributed by atoms with Crippen LogP contribution in [0.2, 0.25) is 0 Å². The molecule has 5 rings (SSSR count). The SMILES string of the molecule is N#Cc1c(-c2ccc(S(=O)(=O)NC3(C(F)(F)F)CC3)cn2)n(C2CCC(C(F)(F)F)CC2)c2ncccc12. The monoisotopic (exact) mass is 557 g/mol. The van der Waals surface area contributed by atoms with Crippen LogP contribution in [0.3, 0.4) is 0 Å². The van der Waals surface area contributed by atoms with Gasteiger partial charge in [-0.05, 0) is 62.8 Å². The molecule has 0 aromatic carbocycles. The molecule has 0 atom stereocenters. The standard InChI is InChI=1S/C24H21F6N5O2S/c25-23(26,27)14-3-5-15(6-4-14)35-20(18(12-31)17-2-1-11-32-21(17)35)19-8-7-16(13-33-19)38(36,37)34-22(9-10-22)24(28,29)30/h1-2,7-8,11,13-15,34H,3-6,9-10H2. The van der Waals surface area contributed by atoms with E-state index in [1.807, 2.05) is 0 Å². The fourth-order valence-corrected chi connectivity index (χ4v) is 6.47. The van der Waals surface area contributed by atoms with Gasteiger partial charge in [-0.15, -0.1) is 0 Å². The van der Waals surface area contributed by atoms with Gasteiger partial charge in [0.15, 0.2) is 0 Å². The Kier molecular flexibility index (Phi) is 6.22. The Bertz CT molecular complexity index is 1510. The zero-order valence-corrected chi connectivity index (χ0v) is 20.5. The third-order valence-corrected chi connectivity index (χ3v) is 8.83. The highest BCUT2D eigenvalue weighted by molar-refractivity contribution is 7.89. The van der Waals surface area contributed by atoms with E-state index in [1.54, 1.807) is 21.4 Å². The molecule has 0 saturated heterocycles. The number of nitrogens with one attached hydrogen (secondary N) is 1. The first-order chi connectivity index (χ1) is 17.8. The zero-order chi connectivity index (χ0) is 27.5. The van der Waals surface area contributed by atoms with Gasteiger partial charge in [0.25, 0.3) is 0 Å². The van der Waals surface area contributed by atoms with E-state index in [-0.39, 0.29) is 55.5 Å². The van der Waals surface area contributed by atoms with Gasteiger partial charge in [-0.25, -0.2) is 13.4 Å². The average molecular weight is 558 g/mol. The smallest absolute Gasteiger partial charge is 0.320 e. The zero-order valence-electron chi connectivity index (χ0n) is 19.6. The Balaban J connectivity index is 1.53. The van der Waals surface area contributed by atoms with Gasteiger partial charge in [-0.1, -0.05) is 0 Å². The second-order valence-electron chi connectivity index (χ2n) is 9.69. The molecule has 202 valence electrons. The van der Waals surface area contributed by atoms with Gasteiger partial charge in [-0.3, -0.25) is 4.98 Å². The molecule has 14 heteroatoms. The van der Waals surface area contributed by atoms with Crippen LogP contribution in [0, 0.1) is 17.2 Å². The van der Waals surface area contributed by atoms with Crippen molar-refractivity contribution in [2.45, 2.75) is 67.4 Å². The number of fused-ring (bicyclic) bond motifs is 1. The lowest BCUT2D eigenvalue weighted by molar-refractivity contribution is -0.183. The van der Waals surface area contributed by atoms with Gasteiger partial charge < -0.3 is 4.57 Å². The average Bonchev–Trinajstić information content (AvgIpc) is 3.57. The van der Waals surface area contributed by atoms with Crippen LogP contribution in [0.15, 0.2) is 41.6 Å². The van der Waals surface area contributed by atoms with Crippen LogP contribution in [0.1, 0.15) is 50.1 Å². The summed E-state index contributed by atoms with van der Waals surface area (Å²) in [6, 6.07) is 7.30. The first-order valence-electron chi connectivity index (χ1n) is 11.8. The van der Waals surface area contributed by atoms with Gasteiger partial charge >= 0.3 is 12.4 Å². The minimum absolute atomic E-state index is 0.0980. The minimum atomic E-state index is -4.74. The number of alkyl halides is 6. The number of hydrogen-bond donors (Lipinski definition) is 1. The van der Waals surface area contributed by atoms with E-state index in [2.05, 4.69) is 16.0 Å². The number of nitriles is 1. The number of sulfonamides is 1. The molecular weight excluding hydrogens is 536 g/mol. The van der Waals surface area contributed by atoms with Crippen LogP contribution in [0.4, 0.5) is 26.3 Å². The van der Waals surface area contributed by atoms with Crippen molar-refractivity contribution in [1.82, 2.24) is 19.3 Å². The first kappa shape index (κ1) is 26.4. The summed E-state index contributed by atoms with van der Waals surface area (Å²) in [4.78, 5) is 8.03. The predicted octanol–water partition coefficient (Wildman–Crippen LogP) is 5.64. The highest BCUT2D eigenvalue weighted by Gasteiger charge is 2.65. The highest BCUT2D eigenvalue weighted by Crippen LogP contribution is 2.50. The van der Waals surface area contributed by atoms with Crippen LogP contribution in [-0.2, 0) is 10.0 Å². The number of rotatable bonds is 5. The summed E-state index contributed by atoms with van der Waals surface area (Å²) in [6.07, 6.45) is -7.21. The van der Waals surface area contributed by atoms with E-state index in [0.717, 1.165) is 12.3 Å². The quantitative estimate of drug-likeness (QED) is 0.410. The van der Waals surface area contributed by atoms with Crippen molar-refractivity contribution in [3.63, 3.8) is 0 Å². The molecule has 0 aliphatic heterocycles. The molecule has 2 aliphatic carbocycles. The third kappa shape index (κ3) is 4.51. The Hall–Kier alpha value is -3.18. The van der Waals surface area contributed by atoms with Gasteiger partial charge in [-0.2, -0.15) is 36.3 Å². The van der Waals surface area contributed by atoms with Gasteiger partial charge in [0.2, 0.25) is 10.0 Å². The highest BCUT2D eigenvalue weighted by atomic mass is 32.2. The van der Waals surface area contributed by atoms with E-state index in [1.165, 1.54) is 12.3 Å². The van der Waals surface area contributed by atoms with Gasteiger partial charge in [0, 0.05) is 23.8 Å². The molecule has 0 amide bonds. The predicted molar refractivity (Wildman–Crippen MR) is 123 cm³/mol. The van der Waals surface area contributed by atoms with Crippen molar-refractivity contribution in [2.75, 3.05) is 0 Å². The van der Waals surface area contributed by atoms with Crippen LogP contribution in [0.5, 0.6) is 0 Å². The molecule has 2 aliphatic rings. The summed E-state index contributed by atoms with van der Waals surface area (Å²) in [5.41, 5.74) is -1.53. The van der Waals surface area contributed by atoms with Crippen molar-refractivity contribution >= 4 is 21.1 Å². The molecule has 1 N–H and O–H groups in total. The maximum atomic E-state index is 13.3. The molecule has 3 aromatic rings. The number of pyridine rings is 2. The largest absolute Gasteiger partial charge is 0.407 e. The summed E-state index contributed by atoms with van der Waals surface area (Å²) in [6.45, 7) is 0. The van der Waals surface area contributed by atoms with E-state index >= 15 is 0 Å². The van der Waals surface area contributed by atoms with Crippen molar-refractivity contribution in [2.24, 2.45) is 5.92 Å². The molecule has 2 saturated carbocycles. The summed E-state index contributed by atoms with van der Waals surface area (Å²) in [7, 11) is -4.55. The molecule has 0 spiro atoms. The van der Waals surface area contributed by atoms with Crippen LogP contribution in [-0.4, -0.2) is 40.8 Å². The molecular formula is C24H21F6N5O2S. The van der Waals surface area contributed by atoms with Crippen LogP contribution < -0.4 is 4.72 Å². The van der Waals surface area contributed by atoms with Crippen molar-refractivity contribution < 1.29 is 34.8 Å². The first-order valence-corrected chi connectivity index (χ1v) is 13.3. The molecule has 2 fully saturated rings. The van der Waals surface area contributed by atoms with Gasteiger partial charge in [0.05, 0.1) is 22.9 Å². The fourth-order valence-electron chi connectivity index (χ4n) is 5.08. The van der Waals surface area contributed by atoms with Crippen molar-refractivity contribution in [3.8, 4) is 17.5 Å². The van der Waals surface area contributed by atoms with Crippen LogP contribution >= 0.6 is 0 Å². The number of halogens is 6. The number of aromatic nitrogens is 3. The lowest BCUT2D eigenvalue weighted by Crippen LogP contribution is -2.47. The summed E-state index contributed by atoms with van der Waals surface area (Å²) < 4.78 is 108. The van der Waals surface area contributed by atoms with E-state index in [4.69, 9.17) is 0 Å². The molecule has 38 heavy (non-hydrogen) atoms. The minimum Gasteiger partial charge on any atom is -0.320 e. The van der Waals surface area contributed by atoms with Crippen molar-refractivity contribution in [1.29, 1.82) is 5.26 Å². The Morgan fingerprint density at radius 3 is 2.24 bits per heavy atom. The summed E-state index contributed by atoms with van der Waals surface area (Å²) in [5, 5.41) is 10.4. The number of hydrogen-bond acceptors (Lipinski definition) is 5. The molecule has 0 bridgehead atoms. The number of nitrogens with zero attached hydrogens (tertiary/aromatic N) is 4. The second-order valence-corrected chi connectivity index (χ2v) is 11.4. The topological polar surface area (TPSA) is 101 Å². The Labute approximate surface area is 213 Å². The fraction of sp³-hybridized carbons (Fsp3) is 0.458. The Morgan fingerprint density at radius 2 is 1.71 bits per heavy atom. The molecule has 3 heterocycles. The maximum absolute atomic E-state index is 13.3. The van der Waals surface area contributed by atoms with Crippen molar-refractivity contribution in [3.05, 3.63) is 42.2 Å².